The van der Waals surface area contributed by atoms with Crippen molar-refractivity contribution in [1.29, 1.82) is 0 Å². The lowest BCUT2D eigenvalue weighted by Crippen LogP contribution is -2.69. The van der Waals surface area contributed by atoms with Crippen LogP contribution in [0.15, 0.2) is 121 Å². The predicted molar refractivity (Wildman–Crippen MR) is 257 cm³/mol. The van der Waals surface area contributed by atoms with E-state index in [1.807, 2.05) is 27.7 Å². The zero-order chi connectivity index (χ0) is 43.8. The third-order valence-corrected chi connectivity index (χ3v) is 25.9. The monoisotopic (exact) mass is 852 g/mol. The van der Waals surface area contributed by atoms with E-state index in [2.05, 4.69) is 201 Å². The van der Waals surface area contributed by atoms with Crippen LogP contribution in [0.1, 0.15) is 96.9 Å². The Hall–Kier alpha value is -3.40. The summed E-state index contributed by atoms with van der Waals surface area (Å²) < 4.78 is 15.0. The van der Waals surface area contributed by atoms with E-state index >= 15 is 4.79 Å². The fourth-order valence-corrected chi connectivity index (χ4v) is 21.9. The van der Waals surface area contributed by atoms with Crippen molar-refractivity contribution in [2.24, 2.45) is 5.41 Å². The van der Waals surface area contributed by atoms with Gasteiger partial charge in [0, 0.05) is 5.41 Å². The first kappa shape index (κ1) is 48.3. The second kappa shape index (κ2) is 20.4. The first-order chi connectivity index (χ1) is 27.7. The smallest absolute Gasteiger partial charge is 0.261 e. The van der Waals surface area contributed by atoms with Gasteiger partial charge in [0.15, 0.2) is 0 Å². The van der Waals surface area contributed by atoms with Crippen molar-refractivity contribution in [2.45, 2.75) is 143 Å². The highest BCUT2D eigenvalue weighted by Crippen LogP contribution is 2.44. The fourth-order valence-electron chi connectivity index (χ4n) is 8.96. The SMILES string of the molecule is CC(C)[Si](O[C@H](C)[C@H](NC(=O)C(C)(C)C)C(=O)N[C@H](CP(c1ccccc1)c1ccccc1)[C@@H](C)O[Si](c1ccccc1)(c1ccccc1)C(C)(C)C)(C(C)C)C(C)C. The number of nitrogens with one attached hydrogen (secondary N) is 2. The van der Waals surface area contributed by atoms with Gasteiger partial charge in [0.2, 0.25) is 20.1 Å². The van der Waals surface area contributed by atoms with Crippen molar-refractivity contribution in [3.05, 3.63) is 121 Å². The van der Waals surface area contributed by atoms with Crippen LogP contribution in [-0.2, 0) is 18.4 Å². The van der Waals surface area contributed by atoms with E-state index in [1.54, 1.807) is 0 Å². The molecule has 4 rings (SSSR count). The molecule has 9 heteroatoms. The average molecular weight is 853 g/mol. The van der Waals surface area contributed by atoms with Crippen LogP contribution < -0.4 is 31.6 Å². The lowest BCUT2D eigenvalue weighted by Gasteiger charge is -2.47. The Morgan fingerprint density at radius 1 is 0.559 bits per heavy atom. The normalized spacial score (nSPS) is 14.9. The molecule has 0 aromatic heterocycles. The summed E-state index contributed by atoms with van der Waals surface area (Å²) in [6, 6.07) is 41.2. The summed E-state index contributed by atoms with van der Waals surface area (Å²) in [6.07, 6.45) is -0.362. The summed E-state index contributed by atoms with van der Waals surface area (Å²) in [5.41, 5.74) is 0.203. The van der Waals surface area contributed by atoms with E-state index in [9.17, 15) is 4.79 Å². The summed E-state index contributed by atoms with van der Waals surface area (Å²) in [5, 5.41) is 11.3. The van der Waals surface area contributed by atoms with Crippen LogP contribution in [0, 0.1) is 5.41 Å². The molecule has 0 saturated heterocycles. The molecule has 0 bridgehead atoms. The number of hydrogen-bond acceptors (Lipinski definition) is 4. The molecule has 0 fully saturated rings. The van der Waals surface area contributed by atoms with E-state index in [0.717, 1.165) is 0 Å². The Bertz CT molecular complexity index is 1800. The molecule has 2 amide bonds. The van der Waals surface area contributed by atoms with Crippen molar-refractivity contribution in [1.82, 2.24) is 10.6 Å². The van der Waals surface area contributed by atoms with Crippen molar-refractivity contribution < 1.29 is 18.4 Å². The quantitative estimate of drug-likeness (QED) is 0.0773. The molecule has 0 radical (unpaired) electrons. The Morgan fingerprint density at radius 3 is 1.31 bits per heavy atom. The summed E-state index contributed by atoms with van der Waals surface area (Å²) in [5.74, 6) is -0.448. The second-order valence-corrected chi connectivity index (χ2v) is 31.1. The zero-order valence-electron chi connectivity index (χ0n) is 38.4. The zero-order valence-corrected chi connectivity index (χ0v) is 41.3. The van der Waals surface area contributed by atoms with Crippen molar-refractivity contribution in [3.8, 4) is 0 Å². The van der Waals surface area contributed by atoms with E-state index in [1.165, 1.54) is 21.0 Å². The minimum atomic E-state index is -3.04. The Kier molecular flexibility index (Phi) is 16.7. The fraction of sp³-hybridized carbons (Fsp3) is 0.480. The van der Waals surface area contributed by atoms with Crippen LogP contribution >= 0.6 is 7.92 Å². The van der Waals surface area contributed by atoms with Crippen LogP contribution in [0.2, 0.25) is 21.7 Å². The molecular formula is C50H73N2O4PSi2. The van der Waals surface area contributed by atoms with E-state index in [4.69, 9.17) is 8.85 Å². The standard InChI is InChI=1S/C50H73N2O4PSi2/c1-36(2)58(37(3)4,38(5)6)55-40(8)46(52-48(54)49(9,10)11)47(53)51-45(35-57(41-27-19-15-20-28-41)42-29-21-16-22-30-42)39(7)56-59(50(12,13)14,43-31-23-17-24-32-43)44-33-25-18-26-34-44/h15-34,36-40,45-46H,35H2,1-14H3,(H,51,53)(H,52,54)/t39-,40-,45-,46+/m1/s1. The third-order valence-electron chi connectivity index (χ3n) is 12.0. The number of carbonyl (C=O) groups is 2. The van der Waals surface area contributed by atoms with Gasteiger partial charge in [0.05, 0.1) is 18.2 Å². The molecule has 2 N–H and O–H groups in total. The predicted octanol–water partition coefficient (Wildman–Crippen LogP) is 9.68. The number of benzene rings is 4. The van der Waals surface area contributed by atoms with Gasteiger partial charge in [0.1, 0.15) is 6.04 Å². The van der Waals surface area contributed by atoms with Gasteiger partial charge in [0.25, 0.3) is 8.32 Å². The second-order valence-electron chi connectivity index (χ2n) is 19.2. The molecule has 0 aliphatic rings. The largest absolute Gasteiger partial charge is 0.411 e. The summed E-state index contributed by atoms with van der Waals surface area (Å²) in [7, 11) is -6.43. The van der Waals surface area contributed by atoms with Gasteiger partial charge in [-0.05, 0) is 70.6 Å². The van der Waals surface area contributed by atoms with E-state index in [-0.39, 0.29) is 16.9 Å². The number of rotatable bonds is 18. The van der Waals surface area contributed by atoms with Gasteiger partial charge in [-0.25, -0.2) is 0 Å². The van der Waals surface area contributed by atoms with Gasteiger partial charge < -0.3 is 19.5 Å². The molecule has 4 aromatic carbocycles. The van der Waals surface area contributed by atoms with Crippen LogP contribution in [0.25, 0.3) is 0 Å². The molecule has 4 aromatic rings. The minimum absolute atomic E-state index is 0.192. The molecule has 6 nitrogen and oxygen atoms in total. The average Bonchev–Trinajstić information content (AvgIpc) is 3.19. The highest BCUT2D eigenvalue weighted by Gasteiger charge is 2.52. The van der Waals surface area contributed by atoms with Gasteiger partial charge in [-0.2, -0.15) is 0 Å². The number of amides is 2. The van der Waals surface area contributed by atoms with Crippen molar-refractivity contribution in [2.75, 3.05) is 6.16 Å². The topological polar surface area (TPSA) is 76.7 Å². The van der Waals surface area contributed by atoms with E-state index in [0.29, 0.717) is 22.8 Å². The first-order valence-corrected chi connectivity index (χ1v) is 27.2. The molecule has 320 valence electrons. The van der Waals surface area contributed by atoms with Gasteiger partial charge in [-0.1, -0.05) is 204 Å². The van der Waals surface area contributed by atoms with Crippen molar-refractivity contribution >= 4 is 57.4 Å². The van der Waals surface area contributed by atoms with E-state index < -0.39 is 54.3 Å². The Labute approximate surface area is 360 Å². The summed E-state index contributed by atoms with van der Waals surface area (Å²) in [6.45, 7) is 30.1. The molecule has 4 atom stereocenters. The van der Waals surface area contributed by atoms with Gasteiger partial charge >= 0.3 is 0 Å². The molecule has 0 heterocycles. The van der Waals surface area contributed by atoms with Crippen LogP contribution in [0.4, 0.5) is 0 Å². The summed E-state index contributed by atoms with van der Waals surface area (Å²) >= 11 is 0. The molecule has 0 unspecified atom stereocenters. The van der Waals surface area contributed by atoms with Crippen LogP contribution in [0.5, 0.6) is 0 Å². The maximum Gasteiger partial charge on any atom is 0.261 e. The molecular weight excluding hydrogens is 780 g/mol. The molecule has 0 spiro atoms. The van der Waals surface area contributed by atoms with Crippen LogP contribution in [0.3, 0.4) is 0 Å². The highest BCUT2D eigenvalue weighted by molar-refractivity contribution is 7.73. The number of carbonyl (C=O) groups excluding carboxylic acids is 2. The molecule has 0 aliphatic carbocycles. The minimum Gasteiger partial charge on any atom is -0.411 e. The first-order valence-electron chi connectivity index (χ1n) is 21.6. The third kappa shape index (κ3) is 11.3. The lowest BCUT2D eigenvalue weighted by molar-refractivity contribution is -0.136. The van der Waals surface area contributed by atoms with Crippen LogP contribution in [-0.4, -0.2) is 58.9 Å². The van der Waals surface area contributed by atoms with Crippen molar-refractivity contribution in [3.63, 3.8) is 0 Å². The number of hydrogen-bond donors (Lipinski definition) is 2. The Morgan fingerprint density at radius 2 is 0.949 bits per heavy atom. The lowest BCUT2D eigenvalue weighted by atomic mass is 9.94. The maximum absolute atomic E-state index is 15.3. The summed E-state index contributed by atoms with van der Waals surface area (Å²) in [4.78, 5) is 29.2. The molecule has 59 heavy (non-hydrogen) atoms. The Balaban J connectivity index is 1.90. The van der Waals surface area contributed by atoms with Gasteiger partial charge in [-0.15, -0.1) is 0 Å². The van der Waals surface area contributed by atoms with Gasteiger partial charge in [-0.3, -0.25) is 9.59 Å². The highest BCUT2D eigenvalue weighted by atomic mass is 31.1. The molecule has 0 aliphatic heterocycles. The maximum atomic E-state index is 15.3. The molecule has 0 saturated carbocycles.